The molecule has 0 unspecified atom stereocenters. The second kappa shape index (κ2) is 14.6. The molecule has 7 nitrogen and oxygen atoms in total. The van der Waals surface area contributed by atoms with Gasteiger partial charge in [0.25, 0.3) is 0 Å². The molecule has 0 radical (unpaired) electrons. The predicted octanol–water partition coefficient (Wildman–Crippen LogP) is 2.51. The monoisotopic (exact) mass is 377 g/mol. The summed E-state index contributed by atoms with van der Waals surface area (Å²) >= 11 is 0. The number of ether oxygens (including phenoxy) is 1. The van der Waals surface area contributed by atoms with Gasteiger partial charge in [-0.1, -0.05) is 69.4 Å². The summed E-state index contributed by atoms with van der Waals surface area (Å²) < 4.78 is 5.05. The van der Waals surface area contributed by atoms with Gasteiger partial charge in [0.15, 0.2) is 0 Å². The number of benzene rings is 1. The molecule has 1 aromatic rings. The van der Waals surface area contributed by atoms with Gasteiger partial charge in [0, 0.05) is 6.54 Å². The number of nitrogens with one attached hydrogen (secondary N) is 3. The number of amides is 3. The number of hydrogen-bond donors (Lipinski definition) is 3. The van der Waals surface area contributed by atoms with E-state index in [1.165, 1.54) is 25.7 Å². The second-order valence-electron chi connectivity index (χ2n) is 6.30. The largest absolute Gasteiger partial charge is 0.460 e. The smallest absolute Gasteiger partial charge is 0.325 e. The highest BCUT2D eigenvalue weighted by Crippen LogP contribution is 2.04. The molecule has 0 fully saturated rings. The van der Waals surface area contributed by atoms with Crippen LogP contribution >= 0.6 is 0 Å². The van der Waals surface area contributed by atoms with Crippen molar-refractivity contribution < 1.29 is 19.1 Å². The topological polar surface area (TPSA) is 96.5 Å². The van der Waals surface area contributed by atoms with Crippen molar-refractivity contribution in [1.82, 2.24) is 16.0 Å². The third-order valence-electron chi connectivity index (χ3n) is 3.90. The van der Waals surface area contributed by atoms with Gasteiger partial charge in [-0.3, -0.25) is 9.59 Å². The quantitative estimate of drug-likeness (QED) is 0.363. The Morgan fingerprint density at radius 1 is 0.852 bits per heavy atom. The Balaban J connectivity index is 2.01. The Morgan fingerprint density at radius 2 is 1.56 bits per heavy atom. The van der Waals surface area contributed by atoms with Gasteiger partial charge in [-0.2, -0.15) is 0 Å². The first kappa shape index (κ1) is 22.5. The number of esters is 1. The van der Waals surface area contributed by atoms with Crippen LogP contribution in [0.15, 0.2) is 30.3 Å². The Labute approximate surface area is 161 Å². The van der Waals surface area contributed by atoms with E-state index in [4.69, 9.17) is 4.74 Å². The molecule has 0 saturated heterocycles. The van der Waals surface area contributed by atoms with Gasteiger partial charge in [-0.25, -0.2) is 4.79 Å². The van der Waals surface area contributed by atoms with E-state index in [-0.39, 0.29) is 25.7 Å². The van der Waals surface area contributed by atoms with Crippen molar-refractivity contribution in [2.24, 2.45) is 0 Å². The highest BCUT2D eigenvalue weighted by atomic mass is 16.5. The number of carbonyl (C=O) groups is 3. The van der Waals surface area contributed by atoms with Crippen molar-refractivity contribution in [3.8, 4) is 0 Å². The molecule has 27 heavy (non-hydrogen) atoms. The molecule has 1 rings (SSSR count). The number of hydrogen-bond acceptors (Lipinski definition) is 4. The fourth-order valence-corrected chi connectivity index (χ4v) is 2.35. The zero-order valence-corrected chi connectivity index (χ0v) is 16.1. The molecule has 1 aromatic carbocycles. The third kappa shape index (κ3) is 12.4. The summed E-state index contributed by atoms with van der Waals surface area (Å²) in [5.41, 5.74) is 0.876. The lowest BCUT2D eigenvalue weighted by Crippen LogP contribution is -2.43. The molecule has 150 valence electrons. The first-order valence-corrected chi connectivity index (χ1v) is 9.59. The van der Waals surface area contributed by atoms with E-state index >= 15 is 0 Å². The molecule has 0 aliphatic rings. The Morgan fingerprint density at radius 3 is 2.30 bits per heavy atom. The minimum Gasteiger partial charge on any atom is -0.460 e. The van der Waals surface area contributed by atoms with Gasteiger partial charge in [0.2, 0.25) is 5.91 Å². The lowest BCUT2D eigenvalue weighted by molar-refractivity contribution is -0.145. The van der Waals surface area contributed by atoms with Gasteiger partial charge in [-0.15, -0.1) is 0 Å². The zero-order valence-electron chi connectivity index (χ0n) is 16.1. The Hall–Kier alpha value is -2.57. The Kier molecular flexibility index (Phi) is 12.1. The second-order valence-corrected chi connectivity index (χ2v) is 6.30. The molecule has 3 N–H and O–H groups in total. The summed E-state index contributed by atoms with van der Waals surface area (Å²) in [6.07, 6.45) is 6.90. The minimum absolute atomic E-state index is 0.161. The van der Waals surface area contributed by atoms with Crippen LogP contribution in [-0.2, 0) is 20.9 Å². The SMILES string of the molecule is CCCCCCCCNC(=O)NCC(=O)NCC(=O)OCc1ccccc1. The molecule has 0 atom stereocenters. The fraction of sp³-hybridized carbons (Fsp3) is 0.550. The van der Waals surface area contributed by atoms with Crippen LogP contribution in [0.2, 0.25) is 0 Å². The lowest BCUT2D eigenvalue weighted by Gasteiger charge is -2.09. The van der Waals surface area contributed by atoms with Gasteiger partial charge in [0.05, 0.1) is 6.54 Å². The standard InChI is InChI=1S/C20H31N3O4/c1-2-3-4-5-6-10-13-21-20(26)23-14-18(24)22-15-19(25)27-16-17-11-8-7-9-12-17/h7-9,11-12H,2-6,10,13-16H2,1H3,(H,22,24)(H2,21,23,26). The molecule has 0 aliphatic heterocycles. The summed E-state index contributed by atoms with van der Waals surface area (Å²) in [6, 6.07) is 8.90. The lowest BCUT2D eigenvalue weighted by atomic mass is 10.1. The maximum atomic E-state index is 11.6. The van der Waals surface area contributed by atoms with Crippen LogP contribution in [0.5, 0.6) is 0 Å². The number of unbranched alkanes of at least 4 members (excludes halogenated alkanes) is 5. The summed E-state index contributed by atoms with van der Waals surface area (Å²) in [5, 5.41) is 7.59. The van der Waals surface area contributed by atoms with Crippen LogP contribution < -0.4 is 16.0 Å². The van der Waals surface area contributed by atoms with Crippen LogP contribution in [0.25, 0.3) is 0 Å². The molecule has 0 aromatic heterocycles. The molecule has 3 amide bonds. The van der Waals surface area contributed by atoms with Crippen LogP contribution in [-0.4, -0.2) is 37.5 Å². The van der Waals surface area contributed by atoms with Crippen molar-refractivity contribution in [2.75, 3.05) is 19.6 Å². The van der Waals surface area contributed by atoms with Crippen molar-refractivity contribution >= 4 is 17.9 Å². The first-order chi connectivity index (χ1) is 13.1. The average Bonchev–Trinajstić information content (AvgIpc) is 2.69. The molecule has 0 saturated carbocycles. The highest BCUT2D eigenvalue weighted by molar-refractivity contribution is 5.86. The number of urea groups is 1. The molecular weight excluding hydrogens is 346 g/mol. The maximum absolute atomic E-state index is 11.6. The van der Waals surface area contributed by atoms with E-state index in [0.717, 1.165) is 18.4 Å². The van der Waals surface area contributed by atoms with E-state index in [1.807, 2.05) is 30.3 Å². The van der Waals surface area contributed by atoms with Gasteiger partial charge in [0.1, 0.15) is 13.2 Å². The van der Waals surface area contributed by atoms with E-state index in [2.05, 4.69) is 22.9 Å². The van der Waals surface area contributed by atoms with E-state index in [9.17, 15) is 14.4 Å². The van der Waals surface area contributed by atoms with E-state index < -0.39 is 11.9 Å². The predicted molar refractivity (Wildman–Crippen MR) is 104 cm³/mol. The van der Waals surface area contributed by atoms with E-state index in [0.29, 0.717) is 6.54 Å². The van der Waals surface area contributed by atoms with Crippen LogP contribution in [0.3, 0.4) is 0 Å². The van der Waals surface area contributed by atoms with Crippen LogP contribution in [0.4, 0.5) is 4.79 Å². The van der Waals surface area contributed by atoms with E-state index in [1.54, 1.807) is 0 Å². The summed E-state index contributed by atoms with van der Waals surface area (Å²) in [6.45, 7) is 2.51. The molecular formula is C20H31N3O4. The van der Waals surface area contributed by atoms with Crippen LogP contribution in [0.1, 0.15) is 51.0 Å². The maximum Gasteiger partial charge on any atom is 0.325 e. The summed E-state index contributed by atoms with van der Waals surface area (Å²) in [7, 11) is 0. The fourth-order valence-electron chi connectivity index (χ4n) is 2.35. The number of carbonyl (C=O) groups excluding carboxylic acids is 3. The summed E-state index contributed by atoms with van der Waals surface area (Å²) in [4.78, 5) is 34.8. The van der Waals surface area contributed by atoms with Crippen molar-refractivity contribution in [3.05, 3.63) is 35.9 Å². The molecule has 0 bridgehead atoms. The van der Waals surface area contributed by atoms with Gasteiger partial charge in [-0.05, 0) is 12.0 Å². The Bertz CT molecular complexity index is 564. The average molecular weight is 377 g/mol. The highest BCUT2D eigenvalue weighted by Gasteiger charge is 2.08. The number of rotatable bonds is 13. The van der Waals surface area contributed by atoms with Crippen molar-refractivity contribution in [3.63, 3.8) is 0 Å². The minimum atomic E-state index is -0.528. The normalized spacial score (nSPS) is 10.1. The van der Waals surface area contributed by atoms with Crippen molar-refractivity contribution in [1.29, 1.82) is 0 Å². The molecule has 0 heterocycles. The van der Waals surface area contributed by atoms with Gasteiger partial charge >= 0.3 is 12.0 Å². The first-order valence-electron chi connectivity index (χ1n) is 9.59. The van der Waals surface area contributed by atoms with Gasteiger partial charge < -0.3 is 20.7 Å². The molecule has 7 heteroatoms. The third-order valence-corrected chi connectivity index (χ3v) is 3.90. The zero-order chi connectivity index (χ0) is 19.7. The molecule has 0 spiro atoms. The van der Waals surface area contributed by atoms with Crippen molar-refractivity contribution in [2.45, 2.75) is 52.1 Å². The summed E-state index contributed by atoms with van der Waals surface area (Å²) in [5.74, 6) is -0.971. The molecule has 0 aliphatic carbocycles. The van der Waals surface area contributed by atoms with Crippen LogP contribution in [0, 0.1) is 0 Å².